The zero-order chi connectivity index (χ0) is 24.8. The first-order valence-corrected chi connectivity index (χ1v) is 12.5. The Labute approximate surface area is 217 Å². The summed E-state index contributed by atoms with van der Waals surface area (Å²) in [6, 6.07) is 17.4. The van der Waals surface area contributed by atoms with Crippen molar-refractivity contribution >= 4 is 33.1 Å². The largest absolute Gasteiger partial charge is 0.493 e. The lowest BCUT2D eigenvalue weighted by Crippen LogP contribution is -2.27. The van der Waals surface area contributed by atoms with Gasteiger partial charge in [-0.05, 0) is 59.9 Å². The van der Waals surface area contributed by atoms with Crippen LogP contribution >= 0.6 is 15.9 Å². The topological polar surface area (TPSA) is 78.1 Å². The summed E-state index contributed by atoms with van der Waals surface area (Å²) in [5.41, 5.74) is 5.48. The molecule has 184 valence electrons. The second-order valence-electron chi connectivity index (χ2n) is 9.01. The molecule has 0 unspecified atom stereocenters. The smallest absolute Gasteiger partial charge is 0.231 e. The molecular formula is C28H25BrN2O5. The van der Waals surface area contributed by atoms with Gasteiger partial charge in [0.05, 0.1) is 31.6 Å². The second-order valence-corrected chi connectivity index (χ2v) is 9.86. The standard InChI is InChI=1S/C28H25BrN2O5/c1-33-23-8-7-15(11-24(23)34-2)16-9-21-27(22(32)10-16)28(31-20-6-4-3-5-19(20)30-21)17-12-25-26(13-18(17)29)36-14-35-25/h3-8,11-13,16,28,30-31H,9-10,14H2,1-2H3/t16-,28-/m0/s1. The first-order valence-electron chi connectivity index (χ1n) is 11.8. The van der Waals surface area contributed by atoms with Crippen LogP contribution in [0.5, 0.6) is 23.0 Å². The maximum Gasteiger partial charge on any atom is 0.231 e. The predicted octanol–water partition coefficient (Wildman–Crippen LogP) is 6.17. The minimum Gasteiger partial charge on any atom is -0.493 e. The number of fused-ring (bicyclic) bond motifs is 2. The van der Waals surface area contributed by atoms with Crippen LogP contribution in [-0.2, 0) is 4.79 Å². The van der Waals surface area contributed by atoms with Crippen molar-refractivity contribution in [2.75, 3.05) is 31.6 Å². The fourth-order valence-corrected chi connectivity index (χ4v) is 5.77. The average molecular weight is 549 g/mol. The van der Waals surface area contributed by atoms with Crippen molar-refractivity contribution in [3.63, 3.8) is 0 Å². The molecule has 0 radical (unpaired) electrons. The number of carbonyl (C=O) groups excluding carboxylic acids is 1. The number of nitrogens with one attached hydrogen (secondary N) is 2. The normalized spacial score (nSPS) is 20.0. The van der Waals surface area contributed by atoms with Gasteiger partial charge in [-0.1, -0.05) is 34.1 Å². The Bertz CT molecular complexity index is 1400. The first kappa shape index (κ1) is 22.8. The van der Waals surface area contributed by atoms with Gasteiger partial charge in [-0.2, -0.15) is 0 Å². The number of benzene rings is 3. The molecule has 0 aromatic heterocycles. The molecule has 8 heteroatoms. The zero-order valence-corrected chi connectivity index (χ0v) is 21.5. The van der Waals surface area contributed by atoms with Gasteiger partial charge in [0.25, 0.3) is 0 Å². The van der Waals surface area contributed by atoms with Gasteiger partial charge in [0.15, 0.2) is 28.8 Å². The molecule has 2 heterocycles. The average Bonchev–Trinajstić information content (AvgIpc) is 3.27. The molecule has 0 saturated carbocycles. The quantitative estimate of drug-likeness (QED) is 0.403. The van der Waals surface area contributed by atoms with Gasteiger partial charge in [-0.3, -0.25) is 4.79 Å². The molecule has 0 fully saturated rings. The molecule has 2 N–H and O–H groups in total. The lowest BCUT2D eigenvalue weighted by Gasteiger charge is -2.30. The summed E-state index contributed by atoms with van der Waals surface area (Å²) in [5, 5.41) is 7.20. The molecule has 0 amide bonds. The molecule has 3 aromatic rings. The summed E-state index contributed by atoms with van der Waals surface area (Å²) in [4.78, 5) is 13.9. The summed E-state index contributed by atoms with van der Waals surface area (Å²) in [7, 11) is 3.24. The van der Waals surface area contributed by atoms with Crippen LogP contribution in [0.2, 0.25) is 0 Å². The molecule has 0 bridgehead atoms. The zero-order valence-electron chi connectivity index (χ0n) is 19.9. The van der Waals surface area contributed by atoms with Gasteiger partial charge in [0.1, 0.15) is 0 Å². The van der Waals surface area contributed by atoms with Crippen molar-refractivity contribution in [2.24, 2.45) is 0 Å². The number of ether oxygens (including phenoxy) is 4. The highest BCUT2D eigenvalue weighted by atomic mass is 79.9. The van der Waals surface area contributed by atoms with E-state index >= 15 is 0 Å². The summed E-state index contributed by atoms with van der Waals surface area (Å²) in [5.74, 6) is 2.80. The van der Waals surface area contributed by atoms with Crippen molar-refractivity contribution < 1.29 is 23.7 Å². The third-order valence-corrected chi connectivity index (χ3v) is 7.68. The van der Waals surface area contributed by atoms with Crippen molar-refractivity contribution in [1.82, 2.24) is 0 Å². The third-order valence-electron chi connectivity index (χ3n) is 6.99. The van der Waals surface area contributed by atoms with Gasteiger partial charge in [0, 0.05) is 22.2 Å². The Morgan fingerprint density at radius 1 is 0.917 bits per heavy atom. The van der Waals surface area contributed by atoms with Crippen LogP contribution in [0.4, 0.5) is 11.4 Å². The number of methoxy groups -OCH3 is 2. The number of anilines is 2. The highest BCUT2D eigenvalue weighted by Gasteiger charge is 2.37. The fraction of sp³-hybridized carbons (Fsp3) is 0.250. The number of hydrogen-bond acceptors (Lipinski definition) is 7. The molecule has 2 aliphatic heterocycles. The van der Waals surface area contributed by atoms with Crippen molar-refractivity contribution in [1.29, 1.82) is 0 Å². The monoisotopic (exact) mass is 548 g/mol. The molecule has 6 rings (SSSR count). The Hall–Kier alpha value is -3.65. The van der Waals surface area contributed by atoms with Crippen molar-refractivity contribution in [3.8, 4) is 23.0 Å². The minimum absolute atomic E-state index is 0.00895. The van der Waals surface area contributed by atoms with E-state index in [2.05, 4.69) is 26.6 Å². The number of rotatable bonds is 4. The van der Waals surface area contributed by atoms with E-state index in [4.69, 9.17) is 18.9 Å². The molecule has 1 aliphatic carbocycles. The second kappa shape index (κ2) is 9.09. The number of Topliss-reactive ketones (excluding diaryl/α,β-unsaturated/α-hetero) is 1. The number of para-hydroxylation sites is 2. The number of hydrogen-bond donors (Lipinski definition) is 2. The number of ketones is 1. The Kier molecular flexibility index (Phi) is 5.76. The van der Waals surface area contributed by atoms with Crippen LogP contribution in [0.1, 0.15) is 35.9 Å². The minimum atomic E-state index is -0.362. The number of allylic oxidation sites excluding steroid dienone is 1. The lowest BCUT2D eigenvalue weighted by atomic mass is 9.78. The summed E-state index contributed by atoms with van der Waals surface area (Å²) in [6.45, 7) is 0.188. The van der Waals surface area contributed by atoms with Crippen molar-refractivity contribution in [3.05, 3.63) is 81.5 Å². The molecule has 3 aliphatic rings. The van der Waals surface area contributed by atoms with Crippen LogP contribution < -0.4 is 29.6 Å². The number of halogens is 1. The first-order chi connectivity index (χ1) is 17.6. The summed E-state index contributed by atoms with van der Waals surface area (Å²) >= 11 is 3.71. The highest BCUT2D eigenvalue weighted by molar-refractivity contribution is 9.10. The van der Waals surface area contributed by atoms with E-state index in [1.165, 1.54) is 0 Å². The maximum atomic E-state index is 13.9. The van der Waals surface area contributed by atoms with E-state index in [0.29, 0.717) is 35.8 Å². The van der Waals surface area contributed by atoms with Crippen LogP contribution in [0.25, 0.3) is 0 Å². The maximum absolute atomic E-state index is 13.9. The van der Waals surface area contributed by atoms with Crippen molar-refractivity contribution in [2.45, 2.75) is 24.8 Å². The Morgan fingerprint density at radius 2 is 1.67 bits per heavy atom. The van der Waals surface area contributed by atoms with Gasteiger partial charge in [-0.15, -0.1) is 0 Å². The summed E-state index contributed by atoms with van der Waals surface area (Å²) < 4.78 is 23.0. The van der Waals surface area contributed by atoms with E-state index in [0.717, 1.165) is 38.2 Å². The Morgan fingerprint density at radius 3 is 2.44 bits per heavy atom. The fourth-order valence-electron chi connectivity index (χ4n) is 5.22. The van der Waals surface area contributed by atoms with Crippen LogP contribution in [-0.4, -0.2) is 26.8 Å². The van der Waals surface area contributed by atoms with E-state index in [9.17, 15) is 4.79 Å². The Balaban J connectivity index is 1.45. The molecule has 2 atom stereocenters. The van der Waals surface area contributed by atoms with E-state index < -0.39 is 0 Å². The molecule has 36 heavy (non-hydrogen) atoms. The van der Waals surface area contributed by atoms with E-state index in [1.54, 1.807) is 14.2 Å². The van der Waals surface area contributed by atoms with Crippen LogP contribution in [0, 0.1) is 0 Å². The number of carbonyl (C=O) groups is 1. The third kappa shape index (κ3) is 3.86. The molecular weight excluding hydrogens is 524 g/mol. The van der Waals surface area contributed by atoms with Gasteiger partial charge in [-0.25, -0.2) is 0 Å². The highest BCUT2D eigenvalue weighted by Crippen LogP contribution is 2.48. The van der Waals surface area contributed by atoms with Crippen LogP contribution in [0.15, 0.2) is 70.3 Å². The van der Waals surface area contributed by atoms with Gasteiger partial charge >= 0.3 is 0 Å². The predicted molar refractivity (Wildman–Crippen MR) is 140 cm³/mol. The molecule has 7 nitrogen and oxygen atoms in total. The van der Waals surface area contributed by atoms with E-state index in [-0.39, 0.29) is 24.5 Å². The lowest BCUT2D eigenvalue weighted by molar-refractivity contribution is -0.116. The molecule has 3 aromatic carbocycles. The van der Waals surface area contributed by atoms with Crippen LogP contribution in [0.3, 0.4) is 0 Å². The van der Waals surface area contributed by atoms with Gasteiger partial charge in [0.2, 0.25) is 6.79 Å². The SMILES string of the molecule is COc1ccc([C@@H]2CC(=O)C3=C(C2)Nc2ccccc2N[C@H]3c2cc3c(cc2Br)OCO3)cc1OC. The van der Waals surface area contributed by atoms with Gasteiger partial charge < -0.3 is 29.6 Å². The molecule has 0 saturated heterocycles. The van der Waals surface area contributed by atoms with E-state index in [1.807, 2.05) is 54.6 Å². The molecule has 0 spiro atoms. The summed E-state index contributed by atoms with van der Waals surface area (Å²) in [6.07, 6.45) is 1.08.